The van der Waals surface area contributed by atoms with Gasteiger partial charge in [-0.15, -0.1) is 0 Å². The Kier molecular flexibility index (Phi) is 27.9. The van der Waals surface area contributed by atoms with E-state index in [1.165, 1.54) is 27.9 Å². The van der Waals surface area contributed by atoms with Crippen molar-refractivity contribution in [1.29, 1.82) is 0 Å². The number of carbonyl (C=O) groups excluding carboxylic acids is 4. The fourth-order valence-corrected chi connectivity index (χ4v) is 1.09. The van der Waals surface area contributed by atoms with Crippen molar-refractivity contribution in [1.82, 2.24) is 21.3 Å². The molecule has 29 heavy (non-hydrogen) atoms. The molecule has 0 bridgehead atoms. The fourth-order valence-electron chi connectivity index (χ4n) is 1.09. The summed E-state index contributed by atoms with van der Waals surface area (Å²) in [6.07, 6.45) is 0. The molecule has 12 heteroatoms. The van der Waals surface area contributed by atoms with Crippen molar-refractivity contribution in [3.05, 3.63) is 0 Å². The van der Waals surface area contributed by atoms with E-state index < -0.39 is 0 Å². The quantitative estimate of drug-likeness (QED) is 0.215. The van der Waals surface area contributed by atoms with E-state index in [0.29, 0.717) is 26.3 Å². The van der Waals surface area contributed by atoms with Gasteiger partial charge in [-0.2, -0.15) is 0 Å². The number of hydrogen-bond acceptors (Lipinski definition) is 8. The van der Waals surface area contributed by atoms with Crippen molar-refractivity contribution in [2.45, 2.75) is 20.8 Å². The van der Waals surface area contributed by atoms with Gasteiger partial charge in [-0.05, 0) is 0 Å². The molecule has 0 aliphatic carbocycles. The second-order valence-corrected chi connectivity index (χ2v) is 5.18. The van der Waals surface area contributed by atoms with E-state index in [9.17, 15) is 19.2 Å². The molecule has 172 valence electrons. The van der Waals surface area contributed by atoms with Gasteiger partial charge in [0.25, 0.3) is 0 Å². The van der Waals surface area contributed by atoms with E-state index in [0.717, 1.165) is 0 Å². The molecular weight excluding hydrogens is 388 g/mol. The van der Waals surface area contributed by atoms with Gasteiger partial charge in [-0.1, -0.05) is 0 Å². The van der Waals surface area contributed by atoms with Crippen molar-refractivity contribution >= 4 is 23.6 Å². The lowest BCUT2D eigenvalue weighted by atomic mass is 10.5. The summed E-state index contributed by atoms with van der Waals surface area (Å²) < 4.78 is 19.2. The Morgan fingerprint density at radius 3 is 1.69 bits per heavy atom. The molecule has 4 N–H and O–H groups in total. The minimum absolute atomic E-state index is 0.00463. The Balaban J connectivity index is -0.000000430. The highest BCUT2D eigenvalue weighted by Gasteiger charge is 2.00. The van der Waals surface area contributed by atoms with Crippen LogP contribution >= 0.6 is 0 Å². The Morgan fingerprint density at radius 1 is 0.690 bits per heavy atom. The van der Waals surface area contributed by atoms with Crippen LogP contribution in [0.4, 0.5) is 0 Å². The molecule has 0 saturated heterocycles. The number of amides is 4. The second kappa shape index (κ2) is 25.7. The van der Waals surface area contributed by atoms with Crippen LogP contribution < -0.4 is 21.3 Å². The van der Waals surface area contributed by atoms with E-state index in [4.69, 9.17) is 9.47 Å². The zero-order valence-electron chi connectivity index (χ0n) is 18.2. The molecule has 0 aliphatic heterocycles. The molecule has 0 rings (SSSR count). The summed E-state index contributed by atoms with van der Waals surface area (Å²) in [7, 11) is 4.71. The molecule has 12 nitrogen and oxygen atoms in total. The van der Waals surface area contributed by atoms with Gasteiger partial charge >= 0.3 is 0 Å². The molecule has 0 heterocycles. The monoisotopic (exact) mass is 424 g/mol. The highest BCUT2D eigenvalue weighted by molar-refractivity contribution is 5.83. The predicted octanol–water partition coefficient (Wildman–Crippen LogP) is -1.65. The average Bonchev–Trinajstić information content (AvgIpc) is 2.66. The van der Waals surface area contributed by atoms with Crippen LogP contribution in [-0.2, 0) is 38.1 Å². The molecule has 0 aromatic rings. The fraction of sp³-hybridized carbons (Fsp3) is 0.765. The predicted molar refractivity (Wildman–Crippen MR) is 106 cm³/mol. The molecule has 0 spiro atoms. The maximum Gasteiger partial charge on any atom is 0.239 e. The lowest BCUT2D eigenvalue weighted by Crippen LogP contribution is -2.37. The molecule has 0 aromatic heterocycles. The largest absolute Gasteiger partial charge is 0.383 e. The highest BCUT2D eigenvalue weighted by Crippen LogP contribution is 1.78. The van der Waals surface area contributed by atoms with Crippen molar-refractivity contribution in [3.8, 4) is 0 Å². The Hall–Kier alpha value is -2.28. The zero-order valence-corrected chi connectivity index (χ0v) is 18.2. The van der Waals surface area contributed by atoms with Crippen LogP contribution in [0.3, 0.4) is 0 Å². The van der Waals surface area contributed by atoms with Crippen molar-refractivity contribution < 1.29 is 38.1 Å². The number of nitrogens with one attached hydrogen (secondary N) is 4. The lowest BCUT2D eigenvalue weighted by molar-refractivity contribution is -0.127. The molecule has 4 amide bonds. The minimum atomic E-state index is -0.253. The molecule has 0 fully saturated rings. The van der Waals surface area contributed by atoms with E-state index >= 15 is 0 Å². The SMILES string of the molecule is CNC(C)=O.COCCNC(C)=O.COCOCOCCNC(=O)CNC(C)=O. The third kappa shape index (κ3) is 41.3. The van der Waals surface area contributed by atoms with Gasteiger partial charge in [0.05, 0.1) is 19.8 Å². The van der Waals surface area contributed by atoms with Gasteiger partial charge in [0.2, 0.25) is 23.6 Å². The number of ether oxygens (including phenoxy) is 4. The normalized spacial score (nSPS) is 9.03. The summed E-state index contributed by atoms with van der Waals surface area (Å²) in [6, 6.07) is 0. The third-order valence-corrected chi connectivity index (χ3v) is 2.47. The summed E-state index contributed by atoms with van der Waals surface area (Å²) in [5.74, 6) is -0.497. The summed E-state index contributed by atoms with van der Waals surface area (Å²) >= 11 is 0. The molecule has 0 saturated carbocycles. The number of methoxy groups -OCH3 is 2. The summed E-state index contributed by atoms with van der Waals surface area (Å²) in [6.45, 7) is 6.48. The Morgan fingerprint density at radius 2 is 1.24 bits per heavy atom. The third-order valence-electron chi connectivity index (χ3n) is 2.47. The number of carbonyl (C=O) groups is 4. The van der Waals surface area contributed by atoms with E-state index in [1.807, 2.05) is 0 Å². The summed E-state index contributed by atoms with van der Waals surface area (Å²) in [5.41, 5.74) is 0. The van der Waals surface area contributed by atoms with Crippen LogP contribution in [-0.4, -0.2) is 91.3 Å². The first-order valence-electron chi connectivity index (χ1n) is 8.78. The number of hydrogen-bond donors (Lipinski definition) is 4. The number of rotatable bonds is 12. The first kappa shape index (κ1) is 31.4. The molecule has 0 atom stereocenters. The summed E-state index contributed by atoms with van der Waals surface area (Å²) in [4.78, 5) is 41.4. The topological polar surface area (TPSA) is 153 Å². The van der Waals surface area contributed by atoms with Gasteiger partial charge in [0, 0.05) is 55.1 Å². The van der Waals surface area contributed by atoms with Crippen molar-refractivity contribution in [2.75, 3.05) is 67.7 Å². The van der Waals surface area contributed by atoms with Crippen molar-refractivity contribution in [3.63, 3.8) is 0 Å². The molecule has 0 radical (unpaired) electrons. The Labute approximate surface area is 172 Å². The molecule has 0 unspecified atom stereocenters. The smallest absolute Gasteiger partial charge is 0.239 e. The van der Waals surface area contributed by atoms with Gasteiger partial charge < -0.3 is 40.2 Å². The molecule has 0 aromatic carbocycles. The standard InChI is InChI=1S/C9H18N2O5.C5H11NO2.C3H7NO/c1-8(12)11-5-9(13)10-3-4-15-7-16-6-14-2;1-5(7)6-3-4-8-2;1-3(5)4-2/h3-7H2,1-2H3,(H,10,13)(H,11,12);3-4H2,1-2H3,(H,6,7);1-2H3,(H,4,5). The van der Waals surface area contributed by atoms with Crippen molar-refractivity contribution in [2.24, 2.45) is 0 Å². The van der Waals surface area contributed by atoms with Crippen LogP contribution in [0, 0.1) is 0 Å². The first-order valence-corrected chi connectivity index (χ1v) is 8.78. The van der Waals surface area contributed by atoms with Crippen LogP contribution in [0.15, 0.2) is 0 Å². The van der Waals surface area contributed by atoms with E-state index in [-0.39, 0.29) is 43.8 Å². The second-order valence-electron chi connectivity index (χ2n) is 5.18. The maximum atomic E-state index is 11.1. The highest BCUT2D eigenvalue weighted by atomic mass is 16.7. The van der Waals surface area contributed by atoms with Crippen LogP contribution in [0.1, 0.15) is 20.8 Å². The Bertz CT molecular complexity index is 436. The zero-order chi connectivity index (χ0) is 22.9. The molecular formula is C17H36N4O8. The van der Waals surface area contributed by atoms with Crippen LogP contribution in [0.25, 0.3) is 0 Å². The van der Waals surface area contributed by atoms with Gasteiger partial charge in [0.1, 0.15) is 13.6 Å². The average molecular weight is 424 g/mol. The molecule has 0 aliphatic rings. The van der Waals surface area contributed by atoms with Gasteiger partial charge in [0.15, 0.2) is 0 Å². The van der Waals surface area contributed by atoms with E-state index in [1.54, 1.807) is 14.2 Å². The lowest BCUT2D eigenvalue weighted by Gasteiger charge is -2.06. The first-order chi connectivity index (χ1) is 13.7. The van der Waals surface area contributed by atoms with Crippen LogP contribution in [0.5, 0.6) is 0 Å². The van der Waals surface area contributed by atoms with E-state index in [2.05, 4.69) is 30.7 Å². The van der Waals surface area contributed by atoms with Crippen LogP contribution in [0.2, 0.25) is 0 Å². The van der Waals surface area contributed by atoms with Gasteiger partial charge in [-0.3, -0.25) is 19.2 Å². The summed E-state index contributed by atoms with van der Waals surface area (Å²) in [5, 5.41) is 9.92. The minimum Gasteiger partial charge on any atom is -0.383 e. The maximum absolute atomic E-state index is 11.1. The van der Waals surface area contributed by atoms with Gasteiger partial charge in [-0.25, -0.2) is 0 Å².